The Bertz CT molecular complexity index is 1310. The second kappa shape index (κ2) is 12.7. The molecule has 0 saturated carbocycles. The standard InChI is InChI=1S/C29H29F2N3O2S/c1-2-19-5-3-6-20(11-19)17-33-18-27(26(32)14-21-12-24(30)16-25(31)13-21)36-29(35)23-8-4-7-22(15-23)28-34-9-10-37-28/h3-13,15-16,26-27,33H,2,14,17-18,32H2,1H3. The predicted octanol–water partition coefficient (Wildman–Crippen LogP) is 5.54. The van der Waals surface area contributed by atoms with Crippen molar-refractivity contribution >= 4 is 17.3 Å². The van der Waals surface area contributed by atoms with Crippen LogP contribution < -0.4 is 11.1 Å². The first kappa shape index (κ1) is 26.6. The number of nitrogens with zero attached hydrogens (tertiary/aromatic N) is 1. The van der Waals surface area contributed by atoms with E-state index in [1.54, 1.807) is 24.4 Å². The molecule has 0 aliphatic rings. The van der Waals surface area contributed by atoms with E-state index in [1.807, 2.05) is 23.6 Å². The number of ether oxygens (including phenoxy) is 1. The predicted molar refractivity (Wildman–Crippen MR) is 142 cm³/mol. The quantitative estimate of drug-likeness (QED) is 0.254. The van der Waals surface area contributed by atoms with Gasteiger partial charge >= 0.3 is 5.97 Å². The Morgan fingerprint density at radius 1 is 1.03 bits per heavy atom. The van der Waals surface area contributed by atoms with E-state index in [4.69, 9.17) is 10.5 Å². The molecule has 192 valence electrons. The molecule has 0 amide bonds. The van der Waals surface area contributed by atoms with E-state index in [1.165, 1.54) is 29.0 Å². The summed E-state index contributed by atoms with van der Waals surface area (Å²) in [5.74, 6) is -1.88. The molecule has 8 heteroatoms. The maximum absolute atomic E-state index is 13.7. The minimum Gasteiger partial charge on any atom is -0.456 e. The third kappa shape index (κ3) is 7.52. The molecule has 4 aromatic rings. The van der Waals surface area contributed by atoms with Crippen LogP contribution in [-0.4, -0.2) is 29.6 Å². The first-order chi connectivity index (χ1) is 17.9. The van der Waals surface area contributed by atoms with Gasteiger partial charge in [-0.25, -0.2) is 18.6 Å². The van der Waals surface area contributed by atoms with Crippen molar-refractivity contribution < 1.29 is 18.3 Å². The summed E-state index contributed by atoms with van der Waals surface area (Å²) in [4.78, 5) is 17.4. The molecule has 5 nitrogen and oxygen atoms in total. The minimum absolute atomic E-state index is 0.138. The van der Waals surface area contributed by atoms with E-state index >= 15 is 0 Å². The fourth-order valence-corrected chi connectivity index (χ4v) is 4.72. The Labute approximate surface area is 219 Å². The third-order valence-electron chi connectivity index (χ3n) is 5.98. The number of aryl methyl sites for hydroxylation is 1. The van der Waals surface area contributed by atoms with Crippen LogP contribution in [0.15, 0.2) is 78.3 Å². The van der Waals surface area contributed by atoms with E-state index in [9.17, 15) is 13.6 Å². The van der Waals surface area contributed by atoms with Gasteiger partial charge in [-0.15, -0.1) is 11.3 Å². The summed E-state index contributed by atoms with van der Waals surface area (Å²) in [6, 6.07) is 17.9. The molecule has 0 aliphatic carbocycles. The molecule has 0 spiro atoms. The van der Waals surface area contributed by atoms with Crippen molar-refractivity contribution in [2.75, 3.05) is 6.54 Å². The monoisotopic (exact) mass is 521 g/mol. The maximum Gasteiger partial charge on any atom is 0.338 e. The summed E-state index contributed by atoms with van der Waals surface area (Å²) in [6.07, 6.45) is 2.04. The lowest BCUT2D eigenvalue weighted by Crippen LogP contribution is -2.46. The molecule has 0 radical (unpaired) electrons. The van der Waals surface area contributed by atoms with Crippen LogP contribution in [0.3, 0.4) is 0 Å². The maximum atomic E-state index is 13.7. The van der Waals surface area contributed by atoms with Gasteiger partial charge in [0.05, 0.1) is 5.56 Å². The number of hydrogen-bond donors (Lipinski definition) is 2. The van der Waals surface area contributed by atoms with Gasteiger partial charge in [0.25, 0.3) is 0 Å². The van der Waals surface area contributed by atoms with Crippen LogP contribution >= 0.6 is 11.3 Å². The Hall–Kier alpha value is -3.46. The number of hydrogen-bond acceptors (Lipinski definition) is 6. The average Bonchev–Trinajstić information content (AvgIpc) is 3.43. The number of rotatable bonds is 11. The van der Waals surface area contributed by atoms with Crippen LogP contribution in [0.1, 0.15) is 34.0 Å². The summed E-state index contributed by atoms with van der Waals surface area (Å²) in [7, 11) is 0. The highest BCUT2D eigenvalue weighted by molar-refractivity contribution is 7.13. The van der Waals surface area contributed by atoms with Gasteiger partial charge in [-0.2, -0.15) is 0 Å². The van der Waals surface area contributed by atoms with Crippen molar-refractivity contribution in [3.63, 3.8) is 0 Å². The van der Waals surface area contributed by atoms with Gasteiger partial charge in [-0.3, -0.25) is 0 Å². The highest BCUT2D eigenvalue weighted by Crippen LogP contribution is 2.23. The summed E-state index contributed by atoms with van der Waals surface area (Å²) in [5.41, 5.74) is 10.3. The van der Waals surface area contributed by atoms with Gasteiger partial charge in [0.15, 0.2) is 0 Å². The summed E-state index contributed by atoms with van der Waals surface area (Å²) in [6.45, 7) is 2.93. The molecule has 0 saturated heterocycles. The van der Waals surface area contributed by atoms with Crippen molar-refractivity contribution in [2.24, 2.45) is 5.73 Å². The normalized spacial score (nSPS) is 12.8. The lowest BCUT2D eigenvalue weighted by Gasteiger charge is -2.25. The first-order valence-corrected chi connectivity index (χ1v) is 13.0. The SMILES string of the molecule is CCc1cccc(CNCC(OC(=O)c2cccc(-c3nccs3)c2)C(N)Cc2cc(F)cc(F)c2)c1. The average molecular weight is 522 g/mol. The number of halogens is 2. The molecule has 3 aromatic carbocycles. The second-order valence-corrected chi connectivity index (χ2v) is 9.71. The number of thiazole rings is 1. The molecule has 2 unspecified atom stereocenters. The number of nitrogens with one attached hydrogen (secondary N) is 1. The lowest BCUT2D eigenvalue weighted by molar-refractivity contribution is 0.0238. The summed E-state index contributed by atoms with van der Waals surface area (Å²) in [5, 5.41) is 5.99. The van der Waals surface area contributed by atoms with E-state index in [0.717, 1.165) is 28.6 Å². The third-order valence-corrected chi connectivity index (χ3v) is 6.80. The fourth-order valence-electron chi connectivity index (χ4n) is 4.08. The fraction of sp³-hybridized carbons (Fsp3) is 0.241. The van der Waals surface area contributed by atoms with Crippen LogP contribution in [0.25, 0.3) is 10.6 Å². The van der Waals surface area contributed by atoms with Gasteiger partial charge in [-0.05, 0) is 53.8 Å². The van der Waals surface area contributed by atoms with Gasteiger partial charge < -0.3 is 15.8 Å². The topological polar surface area (TPSA) is 77.2 Å². The lowest BCUT2D eigenvalue weighted by atomic mass is 10.0. The molecular weight excluding hydrogens is 492 g/mol. The van der Waals surface area contributed by atoms with E-state index in [2.05, 4.69) is 29.4 Å². The van der Waals surface area contributed by atoms with Crippen LogP contribution in [0.2, 0.25) is 0 Å². The van der Waals surface area contributed by atoms with Gasteiger partial charge in [0.2, 0.25) is 0 Å². The zero-order chi connectivity index (χ0) is 26.2. The number of benzene rings is 3. The highest BCUT2D eigenvalue weighted by Gasteiger charge is 2.24. The van der Waals surface area contributed by atoms with E-state index in [0.29, 0.717) is 17.7 Å². The Kier molecular flexibility index (Phi) is 9.11. The molecular formula is C29H29F2N3O2S. The summed E-state index contributed by atoms with van der Waals surface area (Å²) < 4.78 is 33.3. The number of carbonyl (C=O) groups excluding carboxylic acids is 1. The van der Waals surface area contributed by atoms with Crippen molar-refractivity contribution in [3.05, 3.63) is 112 Å². The van der Waals surface area contributed by atoms with Crippen LogP contribution in [0.5, 0.6) is 0 Å². The first-order valence-electron chi connectivity index (χ1n) is 12.1. The number of aromatic nitrogens is 1. The smallest absolute Gasteiger partial charge is 0.338 e. The summed E-state index contributed by atoms with van der Waals surface area (Å²) >= 11 is 1.48. The number of esters is 1. The van der Waals surface area contributed by atoms with Gasteiger partial charge in [0.1, 0.15) is 22.7 Å². The zero-order valence-electron chi connectivity index (χ0n) is 20.5. The van der Waals surface area contributed by atoms with Crippen LogP contribution in [0, 0.1) is 11.6 Å². The molecule has 2 atom stereocenters. The number of carbonyl (C=O) groups is 1. The molecule has 1 heterocycles. The van der Waals surface area contributed by atoms with Crippen LogP contribution in [-0.2, 0) is 24.1 Å². The van der Waals surface area contributed by atoms with Crippen molar-refractivity contribution in [3.8, 4) is 10.6 Å². The largest absolute Gasteiger partial charge is 0.456 e. The molecule has 0 bridgehead atoms. The molecule has 4 rings (SSSR count). The molecule has 37 heavy (non-hydrogen) atoms. The van der Waals surface area contributed by atoms with Gasteiger partial charge in [-0.1, -0.05) is 43.3 Å². The molecule has 3 N–H and O–H groups in total. The van der Waals surface area contributed by atoms with Crippen molar-refractivity contribution in [1.82, 2.24) is 10.3 Å². The highest BCUT2D eigenvalue weighted by atomic mass is 32.1. The Morgan fingerprint density at radius 2 is 1.78 bits per heavy atom. The molecule has 1 aromatic heterocycles. The minimum atomic E-state index is -0.739. The second-order valence-electron chi connectivity index (χ2n) is 8.81. The zero-order valence-corrected chi connectivity index (χ0v) is 21.3. The van der Waals surface area contributed by atoms with E-state index in [-0.39, 0.29) is 13.0 Å². The number of nitrogens with two attached hydrogens (primary N) is 1. The Morgan fingerprint density at radius 3 is 2.51 bits per heavy atom. The van der Waals surface area contributed by atoms with Crippen molar-refractivity contribution in [1.29, 1.82) is 0 Å². The van der Waals surface area contributed by atoms with Crippen molar-refractivity contribution in [2.45, 2.75) is 38.5 Å². The van der Waals surface area contributed by atoms with Crippen LogP contribution in [0.4, 0.5) is 8.78 Å². The Balaban J connectivity index is 1.49. The molecule has 0 aliphatic heterocycles. The van der Waals surface area contributed by atoms with Gasteiger partial charge in [0, 0.05) is 42.3 Å². The van der Waals surface area contributed by atoms with E-state index < -0.39 is 29.7 Å². The molecule has 0 fully saturated rings.